The van der Waals surface area contributed by atoms with Crippen LogP contribution in [-0.2, 0) is 9.59 Å². The maximum absolute atomic E-state index is 12.9. The van der Waals surface area contributed by atoms with Crippen molar-refractivity contribution in [1.29, 1.82) is 0 Å². The van der Waals surface area contributed by atoms with Gasteiger partial charge in [0.1, 0.15) is 0 Å². The van der Waals surface area contributed by atoms with Gasteiger partial charge in [0.2, 0.25) is 11.8 Å². The number of nitrogens with zero attached hydrogens (tertiary/aromatic N) is 1. The standard InChI is InChI=1S/C27H42N2O2/c1-3-4-19-28-27(31)21(2)11-12-22-8-5-6-20-29(26(30)10-7-9-22)25-17-15-24(16-18-25)23-13-14-23/h15-18,21-23H,3-14,19-20H2,1-2H3,(H,28,31). The normalized spacial score (nSPS) is 21.5. The van der Waals surface area contributed by atoms with Gasteiger partial charge in [-0.2, -0.15) is 0 Å². The molecule has 2 atom stereocenters. The van der Waals surface area contributed by atoms with E-state index in [1.165, 1.54) is 24.8 Å². The second-order valence-corrected chi connectivity index (χ2v) is 9.79. The molecule has 4 nitrogen and oxygen atoms in total. The fourth-order valence-corrected chi connectivity index (χ4v) is 4.73. The van der Waals surface area contributed by atoms with Crippen LogP contribution in [0.4, 0.5) is 5.69 Å². The lowest BCUT2D eigenvalue weighted by molar-refractivity contribution is -0.124. The molecule has 1 saturated heterocycles. The number of carbonyl (C=O) groups excluding carboxylic acids is 2. The van der Waals surface area contributed by atoms with E-state index in [1.54, 1.807) is 0 Å². The van der Waals surface area contributed by atoms with Gasteiger partial charge >= 0.3 is 0 Å². The van der Waals surface area contributed by atoms with E-state index in [4.69, 9.17) is 0 Å². The second kappa shape index (κ2) is 12.3. The van der Waals surface area contributed by atoms with Crippen LogP contribution >= 0.6 is 0 Å². The van der Waals surface area contributed by atoms with Crippen molar-refractivity contribution in [2.75, 3.05) is 18.0 Å². The Morgan fingerprint density at radius 3 is 2.55 bits per heavy atom. The molecule has 2 fully saturated rings. The monoisotopic (exact) mass is 426 g/mol. The van der Waals surface area contributed by atoms with Crippen LogP contribution in [0.5, 0.6) is 0 Å². The van der Waals surface area contributed by atoms with Crippen molar-refractivity contribution < 1.29 is 9.59 Å². The van der Waals surface area contributed by atoms with Gasteiger partial charge in [0.05, 0.1) is 0 Å². The van der Waals surface area contributed by atoms with Gasteiger partial charge in [-0.25, -0.2) is 0 Å². The highest BCUT2D eigenvalue weighted by atomic mass is 16.2. The smallest absolute Gasteiger partial charge is 0.226 e. The third kappa shape index (κ3) is 7.66. The number of hydrogen-bond acceptors (Lipinski definition) is 2. The zero-order chi connectivity index (χ0) is 22.1. The van der Waals surface area contributed by atoms with Crippen LogP contribution < -0.4 is 10.2 Å². The number of carbonyl (C=O) groups is 2. The average molecular weight is 427 g/mol. The van der Waals surface area contributed by atoms with Gasteiger partial charge in [0.15, 0.2) is 0 Å². The fraction of sp³-hybridized carbons (Fsp3) is 0.704. The highest BCUT2D eigenvalue weighted by Crippen LogP contribution is 2.40. The molecule has 31 heavy (non-hydrogen) atoms. The predicted octanol–water partition coefficient (Wildman–Crippen LogP) is 6.20. The van der Waals surface area contributed by atoms with E-state index >= 15 is 0 Å². The summed E-state index contributed by atoms with van der Waals surface area (Å²) in [5.41, 5.74) is 2.49. The molecule has 1 N–H and O–H groups in total. The summed E-state index contributed by atoms with van der Waals surface area (Å²) in [6.45, 7) is 5.82. The highest BCUT2D eigenvalue weighted by Gasteiger charge is 2.24. The van der Waals surface area contributed by atoms with Crippen molar-refractivity contribution in [3.8, 4) is 0 Å². The number of benzene rings is 1. The largest absolute Gasteiger partial charge is 0.356 e. The first-order valence-electron chi connectivity index (χ1n) is 12.8. The first-order valence-corrected chi connectivity index (χ1v) is 12.8. The molecule has 1 aliphatic carbocycles. The van der Waals surface area contributed by atoms with Crippen molar-refractivity contribution >= 4 is 17.5 Å². The van der Waals surface area contributed by atoms with Gasteiger partial charge in [-0.1, -0.05) is 45.2 Å². The molecule has 1 heterocycles. The molecule has 0 bridgehead atoms. The Kier molecular flexibility index (Phi) is 9.42. The zero-order valence-corrected chi connectivity index (χ0v) is 19.7. The van der Waals surface area contributed by atoms with Crippen LogP contribution in [0.15, 0.2) is 24.3 Å². The van der Waals surface area contributed by atoms with Crippen LogP contribution in [0, 0.1) is 11.8 Å². The summed E-state index contributed by atoms with van der Waals surface area (Å²) < 4.78 is 0. The summed E-state index contributed by atoms with van der Waals surface area (Å²) in [4.78, 5) is 27.2. The molecular weight excluding hydrogens is 384 g/mol. The lowest BCUT2D eigenvalue weighted by atomic mass is 9.88. The summed E-state index contributed by atoms with van der Waals surface area (Å²) in [7, 11) is 0. The van der Waals surface area contributed by atoms with Crippen LogP contribution in [0.3, 0.4) is 0 Å². The lowest BCUT2D eigenvalue weighted by Crippen LogP contribution is -2.32. The highest BCUT2D eigenvalue weighted by molar-refractivity contribution is 5.93. The number of hydrogen-bond donors (Lipinski definition) is 1. The first kappa shape index (κ1) is 23.8. The SMILES string of the molecule is CCCCNC(=O)C(C)CCC1CCCCN(c2ccc(C3CC3)cc2)C(=O)CCC1. The zero-order valence-electron chi connectivity index (χ0n) is 19.7. The molecule has 2 aliphatic rings. The van der Waals surface area contributed by atoms with Gasteiger partial charge in [-0.15, -0.1) is 0 Å². The third-order valence-electron chi connectivity index (χ3n) is 7.09. The second-order valence-electron chi connectivity index (χ2n) is 9.79. The number of rotatable bonds is 9. The molecule has 1 aliphatic heterocycles. The van der Waals surface area contributed by atoms with E-state index in [0.717, 1.165) is 76.1 Å². The predicted molar refractivity (Wildman–Crippen MR) is 128 cm³/mol. The Morgan fingerprint density at radius 2 is 1.84 bits per heavy atom. The molecule has 1 aromatic carbocycles. The van der Waals surface area contributed by atoms with Crippen molar-refractivity contribution in [2.45, 2.75) is 96.8 Å². The minimum atomic E-state index is 0.0861. The van der Waals surface area contributed by atoms with Gasteiger partial charge in [-0.3, -0.25) is 9.59 Å². The number of unbranched alkanes of at least 4 members (excludes halogenated alkanes) is 1. The van der Waals surface area contributed by atoms with Gasteiger partial charge < -0.3 is 10.2 Å². The quantitative estimate of drug-likeness (QED) is 0.478. The van der Waals surface area contributed by atoms with Crippen molar-refractivity contribution in [1.82, 2.24) is 5.32 Å². The molecule has 1 aromatic rings. The summed E-state index contributed by atoms with van der Waals surface area (Å²) in [6, 6.07) is 8.73. The lowest BCUT2D eigenvalue weighted by Gasteiger charge is -2.26. The number of nitrogens with one attached hydrogen (secondary N) is 1. The minimum absolute atomic E-state index is 0.0861. The van der Waals surface area contributed by atoms with Crippen LogP contribution in [0.25, 0.3) is 0 Å². The van der Waals surface area contributed by atoms with Crippen molar-refractivity contribution in [3.63, 3.8) is 0 Å². The van der Waals surface area contributed by atoms with E-state index in [2.05, 4.69) is 43.4 Å². The Morgan fingerprint density at radius 1 is 1.10 bits per heavy atom. The van der Waals surface area contributed by atoms with Crippen LogP contribution in [0.1, 0.15) is 102 Å². The molecule has 1 saturated carbocycles. The van der Waals surface area contributed by atoms with Crippen molar-refractivity contribution in [2.24, 2.45) is 11.8 Å². The summed E-state index contributed by atoms with van der Waals surface area (Å²) in [5, 5.41) is 3.06. The molecule has 0 spiro atoms. The van der Waals surface area contributed by atoms with Crippen molar-refractivity contribution in [3.05, 3.63) is 29.8 Å². The molecular formula is C27H42N2O2. The minimum Gasteiger partial charge on any atom is -0.356 e. The van der Waals surface area contributed by atoms with Crippen LogP contribution in [-0.4, -0.2) is 24.9 Å². The summed E-state index contributed by atoms with van der Waals surface area (Å²) >= 11 is 0. The topological polar surface area (TPSA) is 49.4 Å². The van der Waals surface area contributed by atoms with Gasteiger partial charge in [0, 0.05) is 31.1 Å². The fourth-order valence-electron chi connectivity index (χ4n) is 4.73. The van der Waals surface area contributed by atoms with E-state index < -0.39 is 0 Å². The Balaban J connectivity index is 1.44. The van der Waals surface area contributed by atoms with Gasteiger partial charge in [-0.05, 0) is 80.9 Å². The molecule has 0 radical (unpaired) electrons. The van der Waals surface area contributed by atoms with E-state index in [9.17, 15) is 9.59 Å². The molecule has 0 aromatic heterocycles. The van der Waals surface area contributed by atoms with E-state index in [-0.39, 0.29) is 17.7 Å². The van der Waals surface area contributed by atoms with E-state index in [0.29, 0.717) is 12.3 Å². The molecule has 2 unspecified atom stereocenters. The first-order chi connectivity index (χ1) is 15.1. The summed E-state index contributed by atoms with van der Waals surface area (Å²) in [5.74, 6) is 1.95. The molecule has 4 heteroatoms. The third-order valence-corrected chi connectivity index (χ3v) is 7.09. The average Bonchev–Trinajstić information content (AvgIpc) is 3.62. The Hall–Kier alpha value is -1.84. The number of amides is 2. The molecule has 172 valence electrons. The maximum atomic E-state index is 12.9. The maximum Gasteiger partial charge on any atom is 0.226 e. The van der Waals surface area contributed by atoms with Crippen LogP contribution in [0.2, 0.25) is 0 Å². The Labute approximate surface area is 189 Å². The van der Waals surface area contributed by atoms with E-state index in [1.807, 2.05) is 4.90 Å². The van der Waals surface area contributed by atoms with Gasteiger partial charge in [0.25, 0.3) is 0 Å². The number of anilines is 1. The Bertz CT molecular complexity index is 696. The summed E-state index contributed by atoms with van der Waals surface area (Å²) in [6.07, 6.45) is 13.0. The molecule has 3 rings (SSSR count). The molecule has 2 amide bonds.